The number of anilines is 1. The van der Waals surface area contributed by atoms with Gasteiger partial charge in [0.15, 0.2) is 5.13 Å². The largest absolute Gasteiger partial charge is 0.282 e. The Bertz CT molecular complexity index is 1170. The van der Waals surface area contributed by atoms with Crippen LogP contribution in [0.5, 0.6) is 0 Å². The summed E-state index contributed by atoms with van der Waals surface area (Å²) < 4.78 is 27.3. The van der Waals surface area contributed by atoms with Gasteiger partial charge in [0.05, 0.1) is 34.6 Å². The van der Waals surface area contributed by atoms with Crippen LogP contribution in [-0.4, -0.2) is 47.9 Å². The zero-order chi connectivity index (χ0) is 21.3. The van der Waals surface area contributed by atoms with Gasteiger partial charge in [-0.15, -0.1) is 0 Å². The Morgan fingerprint density at radius 3 is 2.90 bits per heavy atom. The van der Waals surface area contributed by atoms with E-state index >= 15 is 0 Å². The molecular formula is C20H21BrN4O3S2. The second kappa shape index (κ2) is 8.70. The molecule has 0 spiro atoms. The number of thiazole rings is 1. The number of carbonyl (C=O) groups excluding carboxylic acids is 1. The van der Waals surface area contributed by atoms with E-state index in [0.717, 1.165) is 20.4 Å². The predicted octanol–water partition coefficient (Wildman–Crippen LogP) is 3.66. The van der Waals surface area contributed by atoms with Crippen molar-refractivity contribution < 1.29 is 13.2 Å². The first-order valence-electron chi connectivity index (χ1n) is 9.54. The summed E-state index contributed by atoms with van der Waals surface area (Å²) in [7, 11) is -3.33. The average Bonchev–Trinajstić information content (AvgIpc) is 3.14. The van der Waals surface area contributed by atoms with E-state index in [4.69, 9.17) is 0 Å². The second-order valence-electron chi connectivity index (χ2n) is 7.31. The zero-order valence-electron chi connectivity index (χ0n) is 16.4. The summed E-state index contributed by atoms with van der Waals surface area (Å²) in [5.74, 6) is -0.525. The van der Waals surface area contributed by atoms with Crippen molar-refractivity contribution in [2.24, 2.45) is 5.92 Å². The molecule has 0 N–H and O–H groups in total. The number of piperidine rings is 1. The van der Waals surface area contributed by atoms with Crippen LogP contribution in [-0.2, 0) is 21.4 Å². The third-order valence-electron chi connectivity index (χ3n) is 5.08. The second-order valence-corrected chi connectivity index (χ2v) is 11.2. The molecule has 158 valence electrons. The summed E-state index contributed by atoms with van der Waals surface area (Å²) in [4.78, 5) is 24.2. The number of hydrogen-bond donors (Lipinski definition) is 0. The molecule has 30 heavy (non-hydrogen) atoms. The maximum atomic E-state index is 13.6. The minimum atomic E-state index is -3.33. The molecule has 1 amide bonds. The van der Waals surface area contributed by atoms with Crippen molar-refractivity contribution in [3.8, 4) is 0 Å². The summed E-state index contributed by atoms with van der Waals surface area (Å²) in [6, 6.07) is 11.4. The number of hydrogen-bond acceptors (Lipinski definition) is 6. The fourth-order valence-corrected chi connectivity index (χ4v) is 5.99. The Hall–Kier alpha value is -1.88. The Morgan fingerprint density at radius 2 is 2.17 bits per heavy atom. The van der Waals surface area contributed by atoms with Gasteiger partial charge in [0.2, 0.25) is 15.9 Å². The van der Waals surface area contributed by atoms with Gasteiger partial charge in [0.1, 0.15) is 0 Å². The number of fused-ring (bicyclic) bond motifs is 1. The fraction of sp³-hybridized carbons (Fsp3) is 0.350. The van der Waals surface area contributed by atoms with E-state index in [-0.39, 0.29) is 19.0 Å². The van der Waals surface area contributed by atoms with Crippen molar-refractivity contribution in [1.82, 2.24) is 14.3 Å². The third-order valence-corrected chi connectivity index (χ3v) is 7.89. The van der Waals surface area contributed by atoms with Crippen LogP contribution in [0.1, 0.15) is 18.5 Å². The smallest absolute Gasteiger partial charge is 0.233 e. The summed E-state index contributed by atoms with van der Waals surface area (Å²) >= 11 is 4.92. The van der Waals surface area contributed by atoms with Gasteiger partial charge < -0.3 is 0 Å². The molecular weight excluding hydrogens is 488 g/mol. The number of sulfonamides is 1. The SMILES string of the molecule is CS(=O)(=O)N1CCCC(C(=O)N(Cc2ccccn2)c2nc3ccc(Br)cc3s2)C1. The van der Waals surface area contributed by atoms with Crippen molar-refractivity contribution >= 4 is 58.5 Å². The molecule has 7 nitrogen and oxygen atoms in total. The maximum Gasteiger partial charge on any atom is 0.233 e. The Kier molecular flexibility index (Phi) is 6.19. The van der Waals surface area contributed by atoms with Gasteiger partial charge in [-0.1, -0.05) is 33.3 Å². The number of benzene rings is 1. The molecule has 1 aliphatic rings. The van der Waals surface area contributed by atoms with Gasteiger partial charge in [-0.2, -0.15) is 0 Å². The van der Waals surface area contributed by atoms with E-state index in [1.165, 1.54) is 21.9 Å². The standard InChI is InChI=1S/C20H21BrN4O3S2/c1-30(27,28)24-10-4-5-14(12-24)19(26)25(13-16-6-2-3-9-22-16)20-23-17-8-7-15(21)11-18(17)29-20/h2-3,6-9,11,14H,4-5,10,12-13H2,1H3. The van der Waals surface area contributed by atoms with Crippen molar-refractivity contribution in [2.75, 3.05) is 24.2 Å². The average molecular weight is 509 g/mol. The maximum absolute atomic E-state index is 13.6. The van der Waals surface area contributed by atoms with E-state index in [1.54, 1.807) is 11.1 Å². The molecule has 4 rings (SSSR count). The van der Waals surface area contributed by atoms with Gasteiger partial charge in [-0.25, -0.2) is 17.7 Å². The Balaban J connectivity index is 1.68. The van der Waals surface area contributed by atoms with E-state index in [0.29, 0.717) is 24.5 Å². The van der Waals surface area contributed by atoms with Crippen LogP contribution in [0.25, 0.3) is 10.2 Å². The van der Waals surface area contributed by atoms with E-state index in [2.05, 4.69) is 25.9 Å². The van der Waals surface area contributed by atoms with Gasteiger partial charge in [-0.05, 0) is 43.2 Å². The number of nitrogens with zero attached hydrogens (tertiary/aromatic N) is 4. The number of aromatic nitrogens is 2. The highest BCUT2D eigenvalue weighted by molar-refractivity contribution is 9.10. The minimum Gasteiger partial charge on any atom is -0.282 e. The number of rotatable bonds is 5. The lowest BCUT2D eigenvalue weighted by atomic mass is 9.98. The first kappa shape index (κ1) is 21.4. The van der Waals surface area contributed by atoms with Crippen LogP contribution < -0.4 is 4.90 Å². The molecule has 0 saturated carbocycles. The van der Waals surface area contributed by atoms with Crippen molar-refractivity contribution in [1.29, 1.82) is 0 Å². The molecule has 0 aliphatic carbocycles. The van der Waals surface area contributed by atoms with E-state index in [9.17, 15) is 13.2 Å². The molecule has 3 heterocycles. The lowest BCUT2D eigenvalue weighted by Gasteiger charge is -2.32. The molecule has 3 aromatic rings. The number of carbonyl (C=O) groups is 1. The normalized spacial score (nSPS) is 17.9. The highest BCUT2D eigenvalue weighted by Gasteiger charge is 2.34. The monoisotopic (exact) mass is 508 g/mol. The lowest BCUT2D eigenvalue weighted by molar-refractivity contribution is -0.123. The molecule has 0 radical (unpaired) electrons. The number of amides is 1. The number of halogens is 1. The van der Waals surface area contributed by atoms with E-state index < -0.39 is 15.9 Å². The first-order valence-corrected chi connectivity index (χ1v) is 13.0. The molecule has 1 atom stereocenters. The fourth-order valence-electron chi connectivity index (χ4n) is 3.56. The van der Waals surface area contributed by atoms with Crippen molar-refractivity contribution in [2.45, 2.75) is 19.4 Å². The van der Waals surface area contributed by atoms with Crippen LogP contribution in [0.15, 0.2) is 47.1 Å². The molecule has 1 fully saturated rings. The zero-order valence-corrected chi connectivity index (χ0v) is 19.6. The molecule has 1 unspecified atom stereocenters. The van der Waals surface area contributed by atoms with Gasteiger partial charge in [-0.3, -0.25) is 14.7 Å². The van der Waals surface area contributed by atoms with E-state index in [1.807, 2.05) is 36.4 Å². The van der Waals surface area contributed by atoms with Crippen LogP contribution in [0.3, 0.4) is 0 Å². The highest BCUT2D eigenvalue weighted by atomic mass is 79.9. The molecule has 2 aromatic heterocycles. The highest BCUT2D eigenvalue weighted by Crippen LogP contribution is 2.33. The van der Waals surface area contributed by atoms with Crippen LogP contribution >= 0.6 is 27.3 Å². The van der Waals surface area contributed by atoms with Crippen molar-refractivity contribution in [3.05, 3.63) is 52.8 Å². The lowest BCUT2D eigenvalue weighted by Crippen LogP contribution is -2.46. The van der Waals surface area contributed by atoms with Crippen LogP contribution in [0, 0.1) is 5.92 Å². The quantitative estimate of drug-likeness (QED) is 0.524. The first-order chi connectivity index (χ1) is 14.3. The van der Waals surface area contributed by atoms with Gasteiger partial charge in [0, 0.05) is 23.8 Å². The Morgan fingerprint density at radius 1 is 1.33 bits per heavy atom. The molecule has 10 heteroatoms. The third kappa shape index (κ3) is 4.72. The topological polar surface area (TPSA) is 83.5 Å². The predicted molar refractivity (Wildman–Crippen MR) is 122 cm³/mol. The Labute approximate surface area is 187 Å². The van der Waals surface area contributed by atoms with Crippen LogP contribution in [0.2, 0.25) is 0 Å². The van der Waals surface area contributed by atoms with Crippen LogP contribution in [0.4, 0.5) is 5.13 Å². The summed E-state index contributed by atoms with van der Waals surface area (Å²) in [5, 5.41) is 0.593. The molecule has 1 aromatic carbocycles. The summed E-state index contributed by atoms with van der Waals surface area (Å²) in [6.07, 6.45) is 4.20. The minimum absolute atomic E-state index is 0.118. The number of pyridine rings is 1. The van der Waals surface area contributed by atoms with Crippen molar-refractivity contribution in [3.63, 3.8) is 0 Å². The van der Waals surface area contributed by atoms with Gasteiger partial charge >= 0.3 is 0 Å². The molecule has 0 bridgehead atoms. The molecule has 1 aliphatic heterocycles. The molecule has 1 saturated heterocycles. The summed E-state index contributed by atoms with van der Waals surface area (Å²) in [6.45, 7) is 0.945. The summed E-state index contributed by atoms with van der Waals surface area (Å²) in [5.41, 5.74) is 1.57. The van der Waals surface area contributed by atoms with Gasteiger partial charge in [0.25, 0.3) is 0 Å².